The molecule has 0 spiro atoms. The second-order valence-electron chi connectivity index (χ2n) is 7.05. The predicted molar refractivity (Wildman–Crippen MR) is 95.1 cm³/mol. The summed E-state index contributed by atoms with van der Waals surface area (Å²) in [5.74, 6) is 0.946. The minimum absolute atomic E-state index is 0.197. The summed E-state index contributed by atoms with van der Waals surface area (Å²) >= 11 is 1.75. The van der Waals surface area contributed by atoms with E-state index in [1.807, 2.05) is 6.20 Å². The van der Waals surface area contributed by atoms with Crippen LogP contribution in [0.15, 0.2) is 6.20 Å². The van der Waals surface area contributed by atoms with Gasteiger partial charge in [0.2, 0.25) is 5.91 Å². The van der Waals surface area contributed by atoms with Gasteiger partial charge in [0, 0.05) is 43.3 Å². The molecule has 2 unspecified atom stereocenters. The molecule has 2 fully saturated rings. The fourth-order valence-corrected chi connectivity index (χ4v) is 4.44. The number of piperazine rings is 1. The molecular formula is C17H28N4OS. The van der Waals surface area contributed by atoms with Crippen LogP contribution >= 0.6 is 11.3 Å². The summed E-state index contributed by atoms with van der Waals surface area (Å²) in [5.41, 5.74) is 0. The number of rotatable bonds is 4. The van der Waals surface area contributed by atoms with Crippen LogP contribution in [0.3, 0.4) is 0 Å². The summed E-state index contributed by atoms with van der Waals surface area (Å²) in [6, 6.07) is 0.394. The van der Waals surface area contributed by atoms with Gasteiger partial charge in [-0.3, -0.25) is 9.69 Å². The summed E-state index contributed by atoms with van der Waals surface area (Å²) < 4.78 is 0. The molecule has 0 radical (unpaired) electrons. The van der Waals surface area contributed by atoms with Crippen LogP contribution in [0.2, 0.25) is 0 Å². The standard InChI is InChI=1S/C17H28N4OS/c1-13-4-3-5-15(10-13)19-16(22)12-20-6-8-21(9-7-20)17-18-11-14(2)23-17/h11,13,15H,3-10,12H2,1-2H3,(H,19,22). The van der Waals surface area contributed by atoms with Crippen molar-refractivity contribution in [2.45, 2.75) is 45.6 Å². The van der Waals surface area contributed by atoms with Crippen molar-refractivity contribution in [2.75, 3.05) is 37.6 Å². The predicted octanol–water partition coefficient (Wildman–Crippen LogP) is 2.27. The molecule has 1 aliphatic heterocycles. The van der Waals surface area contributed by atoms with Crippen molar-refractivity contribution in [3.05, 3.63) is 11.1 Å². The van der Waals surface area contributed by atoms with Crippen molar-refractivity contribution in [3.8, 4) is 0 Å². The normalized spacial score (nSPS) is 26.3. The molecule has 5 nitrogen and oxygen atoms in total. The van der Waals surface area contributed by atoms with E-state index in [1.54, 1.807) is 11.3 Å². The highest BCUT2D eigenvalue weighted by molar-refractivity contribution is 7.15. The number of hydrogen-bond donors (Lipinski definition) is 1. The average Bonchev–Trinajstić information content (AvgIpc) is 2.94. The minimum Gasteiger partial charge on any atom is -0.352 e. The van der Waals surface area contributed by atoms with Crippen LogP contribution in [0.4, 0.5) is 5.13 Å². The summed E-state index contributed by atoms with van der Waals surface area (Å²) in [5, 5.41) is 4.35. The minimum atomic E-state index is 0.197. The van der Waals surface area contributed by atoms with Crippen molar-refractivity contribution in [3.63, 3.8) is 0 Å². The summed E-state index contributed by atoms with van der Waals surface area (Å²) in [6.07, 6.45) is 6.78. The first-order chi connectivity index (χ1) is 11.1. The van der Waals surface area contributed by atoms with E-state index < -0.39 is 0 Å². The molecule has 1 N–H and O–H groups in total. The van der Waals surface area contributed by atoms with Crippen LogP contribution in [0.1, 0.15) is 37.5 Å². The summed E-state index contributed by atoms with van der Waals surface area (Å²) in [6.45, 7) is 8.71. The average molecular weight is 337 g/mol. The van der Waals surface area contributed by atoms with E-state index in [1.165, 1.54) is 17.7 Å². The third kappa shape index (κ3) is 4.67. The fourth-order valence-electron chi connectivity index (χ4n) is 3.63. The zero-order chi connectivity index (χ0) is 16.2. The van der Waals surface area contributed by atoms with Gasteiger partial charge in [-0.25, -0.2) is 4.98 Å². The lowest BCUT2D eigenvalue weighted by Crippen LogP contribution is -2.50. The van der Waals surface area contributed by atoms with Crippen molar-refractivity contribution >= 4 is 22.4 Å². The van der Waals surface area contributed by atoms with Crippen LogP contribution in [0.5, 0.6) is 0 Å². The van der Waals surface area contributed by atoms with Gasteiger partial charge in [-0.2, -0.15) is 0 Å². The van der Waals surface area contributed by atoms with E-state index in [0.717, 1.165) is 50.1 Å². The number of nitrogens with zero attached hydrogens (tertiary/aromatic N) is 3. The van der Waals surface area contributed by atoms with Crippen molar-refractivity contribution in [1.29, 1.82) is 0 Å². The van der Waals surface area contributed by atoms with Gasteiger partial charge < -0.3 is 10.2 Å². The molecular weight excluding hydrogens is 308 g/mol. The van der Waals surface area contributed by atoms with Crippen LogP contribution in [0.25, 0.3) is 0 Å². The zero-order valence-electron chi connectivity index (χ0n) is 14.3. The molecule has 2 atom stereocenters. The first-order valence-corrected chi connectivity index (χ1v) is 9.61. The molecule has 1 amide bonds. The number of carbonyl (C=O) groups excluding carboxylic acids is 1. The van der Waals surface area contributed by atoms with Gasteiger partial charge in [-0.1, -0.05) is 19.8 Å². The van der Waals surface area contributed by atoms with Crippen molar-refractivity contribution in [1.82, 2.24) is 15.2 Å². The van der Waals surface area contributed by atoms with E-state index in [-0.39, 0.29) is 5.91 Å². The Morgan fingerprint density at radius 2 is 2.13 bits per heavy atom. The van der Waals surface area contributed by atoms with E-state index in [9.17, 15) is 4.79 Å². The maximum Gasteiger partial charge on any atom is 0.234 e. The van der Waals surface area contributed by atoms with Gasteiger partial charge in [-0.15, -0.1) is 11.3 Å². The Balaban J connectivity index is 1.40. The largest absolute Gasteiger partial charge is 0.352 e. The Labute approximate surface area is 143 Å². The number of thiazole rings is 1. The molecule has 1 saturated carbocycles. The van der Waals surface area contributed by atoms with Crippen LogP contribution in [-0.4, -0.2) is 54.6 Å². The zero-order valence-corrected chi connectivity index (χ0v) is 15.1. The molecule has 128 valence electrons. The van der Waals surface area contributed by atoms with Crippen LogP contribution in [-0.2, 0) is 4.79 Å². The molecule has 1 aromatic rings. The Morgan fingerprint density at radius 1 is 1.35 bits per heavy atom. The van der Waals surface area contributed by atoms with E-state index in [2.05, 4.69) is 33.9 Å². The number of anilines is 1. The van der Waals surface area contributed by atoms with Gasteiger partial charge in [0.1, 0.15) is 0 Å². The highest BCUT2D eigenvalue weighted by atomic mass is 32.1. The first-order valence-electron chi connectivity index (χ1n) is 8.79. The second-order valence-corrected chi connectivity index (χ2v) is 8.27. The Hall–Kier alpha value is -1.14. The van der Waals surface area contributed by atoms with Crippen LogP contribution in [0, 0.1) is 12.8 Å². The molecule has 1 aromatic heterocycles. The monoisotopic (exact) mass is 336 g/mol. The Morgan fingerprint density at radius 3 is 2.78 bits per heavy atom. The molecule has 2 heterocycles. The second kappa shape index (κ2) is 7.62. The highest BCUT2D eigenvalue weighted by Crippen LogP contribution is 2.24. The molecule has 1 aliphatic carbocycles. The maximum absolute atomic E-state index is 12.3. The third-order valence-corrected chi connectivity index (χ3v) is 5.89. The van der Waals surface area contributed by atoms with E-state index in [0.29, 0.717) is 12.6 Å². The van der Waals surface area contributed by atoms with E-state index >= 15 is 0 Å². The number of aryl methyl sites for hydroxylation is 1. The molecule has 1 saturated heterocycles. The molecule has 3 rings (SSSR count). The molecule has 2 aliphatic rings. The van der Waals surface area contributed by atoms with Gasteiger partial charge in [0.15, 0.2) is 5.13 Å². The number of aromatic nitrogens is 1. The number of carbonyl (C=O) groups is 1. The molecule has 6 heteroatoms. The Kier molecular flexibility index (Phi) is 5.54. The maximum atomic E-state index is 12.3. The Bertz CT molecular complexity index is 524. The number of nitrogens with one attached hydrogen (secondary N) is 1. The molecule has 0 aromatic carbocycles. The lowest BCUT2D eigenvalue weighted by molar-refractivity contribution is -0.123. The van der Waals surface area contributed by atoms with Crippen LogP contribution < -0.4 is 10.2 Å². The fraction of sp³-hybridized carbons (Fsp3) is 0.765. The third-order valence-electron chi connectivity index (χ3n) is 4.92. The van der Waals surface area contributed by atoms with Crippen molar-refractivity contribution in [2.24, 2.45) is 5.92 Å². The first kappa shape index (κ1) is 16.7. The SMILES string of the molecule is Cc1cnc(N2CCN(CC(=O)NC3CCCC(C)C3)CC2)s1. The molecule has 23 heavy (non-hydrogen) atoms. The van der Waals surface area contributed by atoms with Gasteiger partial charge in [0.25, 0.3) is 0 Å². The quantitative estimate of drug-likeness (QED) is 0.916. The summed E-state index contributed by atoms with van der Waals surface area (Å²) in [4.78, 5) is 22.6. The van der Waals surface area contributed by atoms with Crippen molar-refractivity contribution < 1.29 is 4.79 Å². The molecule has 0 bridgehead atoms. The lowest BCUT2D eigenvalue weighted by Gasteiger charge is -2.34. The highest BCUT2D eigenvalue weighted by Gasteiger charge is 2.23. The topological polar surface area (TPSA) is 48.5 Å². The van der Waals surface area contributed by atoms with Gasteiger partial charge in [0.05, 0.1) is 6.54 Å². The lowest BCUT2D eigenvalue weighted by atomic mass is 9.87. The number of amides is 1. The van der Waals surface area contributed by atoms with Gasteiger partial charge >= 0.3 is 0 Å². The van der Waals surface area contributed by atoms with Gasteiger partial charge in [-0.05, 0) is 25.7 Å². The summed E-state index contributed by atoms with van der Waals surface area (Å²) in [7, 11) is 0. The van der Waals surface area contributed by atoms with E-state index in [4.69, 9.17) is 0 Å². The number of hydrogen-bond acceptors (Lipinski definition) is 5. The smallest absolute Gasteiger partial charge is 0.234 e.